The van der Waals surface area contributed by atoms with Crippen molar-refractivity contribution in [3.63, 3.8) is 0 Å². The third-order valence-corrected chi connectivity index (χ3v) is 6.23. The van der Waals surface area contributed by atoms with Gasteiger partial charge in [0.25, 0.3) is 0 Å². The topological polar surface area (TPSA) is 111 Å². The molecular weight excluding hydrogens is 430 g/mol. The molecule has 2 N–H and O–H groups in total. The molecule has 1 aromatic heterocycles. The molecule has 0 spiro atoms. The first-order valence-corrected chi connectivity index (χ1v) is 11.3. The van der Waals surface area contributed by atoms with E-state index in [1.165, 1.54) is 20.1 Å². The van der Waals surface area contributed by atoms with Gasteiger partial charge in [0, 0.05) is 13.5 Å². The Morgan fingerprint density at radius 1 is 1.16 bits per heavy atom. The molecule has 168 valence electrons. The van der Waals surface area contributed by atoms with E-state index in [1.54, 1.807) is 31.2 Å². The van der Waals surface area contributed by atoms with Gasteiger partial charge in [-0.05, 0) is 48.7 Å². The van der Waals surface area contributed by atoms with Gasteiger partial charge in [-0.3, -0.25) is 4.79 Å². The minimum Gasteiger partial charge on any atom is -0.495 e. The van der Waals surface area contributed by atoms with Crippen molar-refractivity contribution in [2.75, 3.05) is 12.4 Å². The van der Waals surface area contributed by atoms with Crippen molar-refractivity contribution in [3.8, 4) is 5.75 Å². The van der Waals surface area contributed by atoms with Crippen LogP contribution in [0.2, 0.25) is 0 Å². The number of hydrogen-bond acceptors (Lipinski definition) is 6. The van der Waals surface area contributed by atoms with E-state index in [0.717, 1.165) is 11.1 Å². The molecule has 3 rings (SSSR count). The summed E-state index contributed by atoms with van der Waals surface area (Å²) >= 11 is 0. The van der Waals surface area contributed by atoms with E-state index in [2.05, 4.69) is 15.2 Å². The van der Waals surface area contributed by atoms with Gasteiger partial charge in [0.05, 0.1) is 7.11 Å². The fraction of sp³-hybridized carbons (Fsp3) is 0.217. The van der Waals surface area contributed by atoms with E-state index in [4.69, 9.17) is 9.26 Å². The molecule has 0 aliphatic carbocycles. The van der Waals surface area contributed by atoms with Crippen LogP contribution in [0.1, 0.15) is 35.1 Å². The van der Waals surface area contributed by atoms with Gasteiger partial charge in [-0.15, -0.1) is 0 Å². The number of rotatable bonds is 8. The van der Waals surface area contributed by atoms with Crippen LogP contribution in [-0.2, 0) is 21.4 Å². The lowest BCUT2D eigenvalue weighted by Crippen LogP contribution is -2.24. The Balaban J connectivity index is 1.88. The summed E-state index contributed by atoms with van der Waals surface area (Å²) < 4.78 is 39.2. The normalized spacial score (nSPS) is 11.6. The number of anilines is 1. The highest BCUT2D eigenvalue weighted by atomic mass is 32.2. The minimum absolute atomic E-state index is 0.0200. The Morgan fingerprint density at radius 2 is 1.91 bits per heavy atom. The molecule has 32 heavy (non-hydrogen) atoms. The monoisotopic (exact) mass is 455 g/mol. The molecule has 0 bridgehead atoms. The summed E-state index contributed by atoms with van der Waals surface area (Å²) in [6.07, 6.45) is 3.29. The molecule has 0 unspecified atom stereocenters. The number of carbonyl (C=O) groups is 1. The van der Waals surface area contributed by atoms with Gasteiger partial charge in [0.2, 0.25) is 15.9 Å². The van der Waals surface area contributed by atoms with Gasteiger partial charge in [-0.1, -0.05) is 41.6 Å². The zero-order valence-electron chi connectivity index (χ0n) is 18.3. The summed E-state index contributed by atoms with van der Waals surface area (Å²) in [6.45, 7) is 5.19. The number of benzene rings is 2. The molecule has 2 aromatic carbocycles. The van der Waals surface area contributed by atoms with E-state index in [1.807, 2.05) is 31.2 Å². The van der Waals surface area contributed by atoms with Crippen molar-refractivity contribution in [3.05, 3.63) is 70.6 Å². The summed E-state index contributed by atoms with van der Waals surface area (Å²) in [6, 6.07) is 12.4. The number of hydrogen-bond donors (Lipinski definition) is 2. The second kappa shape index (κ2) is 9.80. The summed E-state index contributed by atoms with van der Waals surface area (Å²) in [5, 5.41) is 6.54. The minimum atomic E-state index is -3.85. The maximum absolute atomic E-state index is 13.0. The second-order valence-electron chi connectivity index (χ2n) is 7.18. The predicted molar refractivity (Wildman–Crippen MR) is 123 cm³/mol. The van der Waals surface area contributed by atoms with Gasteiger partial charge >= 0.3 is 0 Å². The van der Waals surface area contributed by atoms with Crippen molar-refractivity contribution in [2.24, 2.45) is 0 Å². The highest BCUT2D eigenvalue weighted by molar-refractivity contribution is 7.89. The van der Waals surface area contributed by atoms with Crippen molar-refractivity contribution < 1.29 is 22.5 Å². The van der Waals surface area contributed by atoms with Gasteiger partial charge < -0.3 is 14.6 Å². The first-order chi connectivity index (χ1) is 15.2. The van der Waals surface area contributed by atoms with Crippen LogP contribution in [-0.4, -0.2) is 26.6 Å². The molecule has 0 radical (unpaired) electrons. The average Bonchev–Trinajstić information content (AvgIpc) is 3.10. The number of nitrogens with zero attached hydrogens (tertiary/aromatic N) is 1. The Labute approximate surface area is 187 Å². The van der Waals surface area contributed by atoms with E-state index in [0.29, 0.717) is 22.7 Å². The van der Waals surface area contributed by atoms with Crippen LogP contribution in [0.3, 0.4) is 0 Å². The molecular formula is C23H25N3O5S. The maximum atomic E-state index is 13.0. The van der Waals surface area contributed by atoms with E-state index < -0.39 is 10.0 Å². The van der Waals surface area contributed by atoms with Crippen LogP contribution < -0.4 is 14.8 Å². The number of nitrogens with one attached hydrogen (secondary N) is 2. The van der Waals surface area contributed by atoms with Crippen LogP contribution in [0.25, 0.3) is 12.2 Å². The van der Waals surface area contributed by atoms with Crippen molar-refractivity contribution >= 4 is 33.8 Å². The SMILES string of the molecule is COc1ccc(/C=C\c2onc(C)c2NC(C)=O)cc1S(=O)(=O)NCc1ccccc1C. The van der Waals surface area contributed by atoms with Gasteiger partial charge in [0.15, 0.2) is 5.76 Å². The third kappa shape index (κ3) is 5.43. The number of methoxy groups -OCH3 is 1. The Bertz CT molecular complexity index is 1260. The molecule has 1 heterocycles. The fourth-order valence-corrected chi connectivity index (χ4v) is 4.28. The Kier molecular flexibility index (Phi) is 7.12. The molecule has 0 atom stereocenters. The number of aromatic nitrogens is 1. The maximum Gasteiger partial charge on any atom is 0.244 e. The second-order valence-corrected chi connectivity index (χ2v) is 8.92. The molecule has 0 saturated heterocycles. The first kappa shape index (κ1) is 23.2. The molecule has 9 heteroatoms. The smallest absolute Gasteiger partial charge is 0.244 e. The van der Waals surface area contributed by atoms with Crippen molar-refractivity contribution in [1.29, 1.82) is 0 Å². The van der Waals surface area contributed by atoms with E-state index in [-0.39, 0.29) is 23.1 Å². The quantitative estimate of drug-likeness (QED) is 0.533. The third-order valence-electron chi connectivity index (χ3n) is 4.81. The lowest BCUT2D eigenvalue weighted by Gasteiger charge is -2.12. The van der Waals surface area contributed by atoms with Crippen LogP contribution in [0, 0.1) is 13.8 Å². The van der Waals surface area contributed by atoms with Crippen LogP contribution in [0.4, 0.5) is 5.69 Å². The number of carbonyl (C=O) groups excluding carboxylic acids is 1. The predicted octanol–water partition coefficient (Wildman–Crippen LogP) is 3.91. The lowest BCUT2D eigenvalue weighted by atomic mass is 10.1. The standard InChI is InChI=1S/C23H25N3O5S/c1-15-7-5-6-8-19(15)14-24-32(28,29)22-13-18(9-11-20(22)30-4)10-12-21-23(25-17(3)27)16(2)26-31-21/h5-13,24H,14H2,1-4H3,(H,25,27)/b12-10-. The summed E-state index contributed by atoms with van der Waals surface area (Å²) in [4.78, 5) is 11.4. The largest absolute Gasteiger partial charge is 0.495 e. The van der Waals surface area contributed by atoms with E-state index in [9.17, 15) is 13.2 Å². The lowest BCUT2D eigenvalue weighted by molar-refractivity contribution is -0.114. The molecule has 1 amide bonds. The van der Waals surface area contributed by atoms with Crippen LogP contribution in [0.5, 0.6) is 5.75 Å². The Morgan fingerprint density at radius 3 is 2.59 bits per heavy atom. The molecule has 0 aliphatic heterocycles. The number of aryl methyl sites for hydroxylation is 2. The molecule has 8 nitrogen and oxygen atoms in total. The van der Waals surface area contributed by atoms with Crippen molar-refractivity contribution in [2.45, 2.75) is 32.2 Å². The first-order valence-electron chi connectivity index (χ1n) is 9.85. The number of sulfonamides is 1. The summed E-state index contributed by atoms with van der Waals surface area (Å²) in [5.41, 5.74) is 3.49. The highest BCUT2D eigenvalue weighted by Crippen LogP contribution is 2.27. The molecule has 0 fully saturated rings. The molecule has 0 saturated carbocycles. The van der Waals surface area contributed by atoms with E-state index >= 15 is 0 Å². The number of ether oxygens (including phenoxy) is 1. The van der Waals surface area contributed by atoms with Gasteiger partial charge in [-0.2, -0.15) is 0 Å². The zero-order valence-corrected chi connectivity index (χ0v) is 19.1. The summed E-state index contributed by atoms with van der Waals surface area (Å²) in [5.74, 6) is 0.341. The van der Waals surface area contributed by atoms with Gasteiger partial charge in [0.1, 0.15) is 22.0 Å². The Hall–Kier alpha value is -3.43. The molecule has 3 aromatic rings. The number of amides is 1. The average molecular weight is 456 g/mol. The highest BCUT2D eigenvalue weighted by Gasteiger charge is 2.20. The fourth-order valence-electron chi connectivity index (χ4n) is 3.07. The van der Waals surface area contributed by atoms with Crippen LogP contribution >= 0.6 is 0 Å². The van der Waals surface area contributed by atoms with Crippen LogP contribution in [0.15, 0.2) is 51.9 Å². The zero-order chi connectivity index (χ0) is 23.3. The van der Waals surface area contributed by atoms with Gasteiger partial charge in [-0.25, -0.2) is 13.1 Å². The molecule has 0 aliphatic rings. The summed E-state index contributed by atoms with van der Waals surface area (Å²) in [7, 11) is -2.43. The van der Waals surface area contributed by atoms with Crippen molar-refractivity contribution in [1.82, 2.24) is 9.88 Å².